The van der Waals surface area contributed by atoms with E-state index in [1.165, 1.54) is 0 Å². The van der Waals surface area contributed by atoms with Crippen LogP contribution in [0.4, 0.5) is 0 Å². The second-order valence-electron chi connectivity index (χ2n) is 3.71. The number of allylic oxidation sites excluding steroid dienone is 2. The fourth-order valence-electron chi connectivity index (χ4n) is 1.46. The highest BCUT2D eigenvalue weighted by Gasteiger charge is 2.11. The molecule has 2 heterocycles. The number of hydrogen-bond donors (Lipinski definition) is 0. The lowest BCUT2D eigenvalue weighted by atomic mass is 10.2. The summed E-state index contributed by atoms with van der Waals surface area (Å²) in [4.78, 5) is 6.11. The predicted molar refractivity (Wildman–Crippen MR) is 72.3 cm³/mol. The SMILES string of the molecule is CN1C=CC=C[C@H]1COc1cnc(Cl)c(Br)c1. The molecule has 1 aromatic rings. The Morgan fingerprint density at radius 2 is 2.35 bits per heavy atom. The Labute approximate surface area is 114 Å². The van der Waals surface area contributed by atoms with Crippen LogP contribution >= 0.6 is 27.5 Å². The second kappa shape index (κ2) is 5.56. The quantitative estimate of drug-likeness (QED) is 0.801. The van der Waals surface area contributed by atoms with Crippen molar-refractivity contribution in [3.63, 3.8) is 0 Å². The van der Waals surface area contributed by atoms with Crippen LogP contribution in [-0.2, 0) is 0 Å². The summed E-state index contributed by atoms with van der Waals surface area (Å²) >= 11 is 9.12. The van der Waals surface area contributed by atoms with Crippen LogP contribution < -0.4 is 4.74 Å². The van der Waals surface area contributed by atoms with Gasteiger partial charge in [-0.15, -0.1) is 0 Å². The van der Waals surface area contributed by atoms with Crippen LogP contribution in [0.25, 0.3) is 0 Å². The summed E-state index contributed by atoms with van der Waals surface area (Å²) in [5.74, 6) is 0.706. The molecule has 0 aliphatic carbocycles. The van der Waals surface area contributed by atoms with Gasteiger partial charge in [0.2, 0.25) is 0 Å². The molecule has 5 heteroatoms. The lowest BCUT2D eigenvalue weighted by Gasteiger charge is -2.26. The van der Waals surface area contributed by atoms with Gasteiger partial charge in [-0.3, -0.25) is 0 Å². The average Bonchev–Trinajstić information content (AvgIpc) is 2.32. The third kappa shape index (κ3) is 3.23. The molecule has 0 N–H and O–H groups in total. The number of rotatable bonds is 3. The molecule has 2 rings (SSSR count). The lowest BCUT2D eigenvalue weighted by molar-refractivity contribution is 0.229. The number of nitrogens with zero attached hydrogens (tertiary/aromatic N) is 2. The molecule has 0 saturated carbocycles. The minimum Gasteiger partial charge on any atom is -0.489 e. The predicted octanol–water partition coefficient (Wildman–Crippen LogP) is 3.26. The Morgan fingerprint density at radius 1 is 1.53 bits per heavy atom. The van der Waals surface area contributed by atoms with Crippen molar-refractivity contribution in [2.24, 2.45) is 0 Å². The molecule has 0 amide bonds. The van der Waals surface area contributed by atoms with Crippen molar-refractivity contribution in [2.45, 2.75) is 6.04 Å². The Hall–Kier alpha value is -1.00. The van der Waals surface area contributed by atoms with E-state index in [1.54, 1.807) is 6.20 Å². The van der Waals surface area contributed by atoms with Gasteiger partial charge in [0.05, 0.1) is 16.7 Å². The molecule has 0 aromatic carbocycles. The molecule has 1 aliphatic rings. The van der Waals surface area contributed by atoms with Crippen LogP contribution in [0.1, 0.15) is 0 Å². The van der Waals surface area contributed by atoms with E-state index in [2.05, 4.69) is 31.9 Å². The number of likely N-dealkylation sites (N-methyl/N-ethyl adjacent to an activating group) is 1. The van der Waals surface area contributed by atoms with Crippen LogP contribution in [-0.4, -0.2) is 29.6 Å². The number of ether oxygens (including phenoxy) is 1. The summed E-state index contributed by atoms with van der Waals surface area (Å²) < 4.78 is 6.41. The topological polar surface area (TPSA) is 25.4 Å². The van der Waals surface area contributed by atoms with Crippen LogP contribution in [0.5, 0.6) is 5.75 Å². The van der Waals surface area contributed by atoms with Crippen molar-refractivity contribution < 1.29 is 4.74 Å². The standard InChI is InChI=1S/C12H12BrClN2O/c1-16-5-3-2-4-9(16)8-17-10-6-11(13)12(14)15-7-10/h2-7,9H,8H2,1H3/t9-/m0/s1. The van der Waals surface area contributed by atoms with Crippen molar-refractivity contribution in [2.75, 3.05) is 13.7 Å². The molecule has 90 valence electrons. The average molecular weight is 316 g/mol. The first-order valence-electron chi connectivity index (χ1n) is 5.17. The summed E-state index contributed by atoms with van der Waals surface area (Å²) in [6, 6.07) is 2.06. The zero-order valence-corrected chi connectivity index (χ0v) is 11.6. The first kappa shape index (κ1) is 12.5. The molecule has 1 aromatic heterocycles. The number of aromatic nitrogens is 1. The summed E-state index contributed by atoms with van der Waals surface area (Å²) in [6.07, 6.45) is 9.75. The van der Waals surface area contributed by atoms with E-state index in [0.29, 0.717) is 17.5 Å². The first-order valence-corrected chi connectivity index (χ1v) is 6.34. The molecule has 17 heavy (non-hydrogen) atoms. The van der Waals surface area contributed by atoms with Crippen LogP contribution in [0.3, 0.4) is 0 Å². The zero-order chi connectivity index (χ0) is 12.3. The van der Waals surface area contributed by atoms with Gasteiger partial charge in [-0.1, -0.05) is 23.8 Å². The Bertz CT molecular complexity index is 462. The largest absolute Gasteiger partial charge is 0.489 e. The summed E-state index contributed by atoms with van der Waals surface area (Å²) in [5, 5.41) is 0.440. The summed E-state index contributed by atoms with van der Waals surface area (Å²) in [6.45, 7) is 0.576. The van der Waals surface area contributed by atoms with Gasteiger partial charge in [0.25, 0.3) is 0 Å². The van der Waals surface area contributed by atoms with E-state index in [4.69, 9.17) is 16.3 Å². The fraction of sp³-hybridized carbons (Fsp3) is 0.250. The molecule has 0 radical (unpaired) electrons. The Morgan fingerprint density at radius 3 is 3.06 bits per heavy atom. The third-order valence-electron chi connectivity index (χ3n) is 2.48. The minimum absolute atomic E-state index is 0.245. The van der Waals surface area contributed by atoms with Crippen LogP contribution in [0.2, 0.25) is 5.15 Å². The molecule has 1 aliphatic heterocycles. The van der Waals surface area contributed by atoms with Gasteiger partial charge in [0.15, 0.2) is 0 Å². The second-order valence-corrected chi connectivity index (χ2v) is 4.93. The van der Waals surface area contributed by atoms with Gasteiger partial charge in [0.1, 0.15) is 17.5 Å². The third-order valence-corrected chi connectivity index (χ3v) is 3.61. The van der Waals surface area contributed by atoms with Gasteiger partial charge in [-0.2, -0.15) is 0 Å². The Balaban J connectivity index is 1.95. The van der Waals surface area contributed by atoms with E-state index < -0.39 is 0 Å². The smallest absolute Gasteiger partial charge is 0.143 e. The number of pyridine rings is 1. The molecule has 0 fully saturated rings. The van der Waals surface area contributed by atoms with E-state index in [1.807, 2.05) is 31.5 Å². The maximum atomic E-state index is 5.81. The monoisotopic (exact) mass is 314 g/mol. The lowest BCUT2D eigenvalue weighted by Crippen LogP contribution is -2.32. The summed E-state index contributed by atoms with van der Waals surface area (Å²) in [7, 11) is 2.02. The fourth-order valence-corrected chi connectivity index (χ4v) is 1.89. The molecule has 1 atom stereocenters. The molecule has 0 spiro atoms. The van der Waals surface area contributed by atoms with Gasteiger partial charge in [0, 0.05) is 7.05 Å². The normalized spacial score (nSPS) is 18.5. The highest BCUT2D eigenvalue weighted by molar-refractivity contribution is 9.10. The zero-order valence-electron chi connectivity index (χ0n) is 9.31. The molecule has 0 saturated heterocycles. The maximum Gasteiger partial charge on any atom is 0.143 e. The van der Waals surface area contributed by atoms with Gasteiger partial charge < -0.3 is 9.64 Å². The van der Waals surface area contributed by atoms with Gasteiger partial charge in [-0.05, 0) is 34.3 Å². The van der Waals surface area contributed by atoms with Crippen LogP contribution in [0, 0.1) is 0 Å². The molecular weight excluding hydrogens is 304 g/mol. The van der Waals surface area contributed by atoms with Crippen molar-refractivity contribution in [3.05, 3.63) is 46.3 Å². The number of hydrogen-bond acceptors (Lipinski definition) is 3. The van der Waals surface area contributed by atoms with Crippen molar-refractivity contribution >= 4 is 27.5 Å². The Kier molecular flexibility index (Phi) is 4.07. The maximum absolute atomic E-state index is 5.81. The van der Waals surface area contributed by atoms with Crippen molar-refractivity contribution in [1.29, 1.82) is 0 Å². The van der Waals surface area contributed by atoms with Gasteiger partial charge >= 0.3 is 0 Å². The van der Waals surface area contributed by atoms with E-state index in [0.717, 1.165) is 4.47 Å². The van der Waals surface area contributed by atoms with Crippen molar-refractivity contribution in [3.8, 4) is 5.75 Å². The van der Waals surface area contributed by atoms with Crippen molar-refractivity contribution in [1.82, 2.24) is 9.88 Å². The molecular formula is C12H12BrClN2O. The van der Waals surface area contributed by atoms with Crippen LogP contribution in [0.15, 0.2) is 41.2 Å². The van der Waals surface area contributed by atoms with E-state index >= 15 is 0 Å². The first-order chi connectivity index (χ1) is 8.16. The summed E-state index contributed by atoms with van der Waals surface area (Å²) in [5.41, 5.74) is 0. The minimum atomic E-state index is 0.245. The van der Waals surface area contributed by atoms with Gasteiger partial charge in [-0.25, -0.2) is 4.98 Å². The number of halogens is 2. The molecule has 3 nitrogen and oxygen atoms in total. The molecule has 0 unspecified atom stereocenters. The highest BCUT2D eigenvalue weighted by atomic mass is 79.9. The highest BCUT2D eigenvalue weighted by Crippen LogP contribution is 2.24. The van der Waals surface area contributed by atoms with E-state index in [9.17, 15) is 0 Å². The van der Waals surface area contributed by atoms with E-state index in [-0.39, 0.29) is 6.04 Å². The molecule has 0 bridgehead atoms.